The van der Waals surface area contributed by atoms with E-state index in [1.165, 1.54) is 0 Å². The molecule has 1 atom stereocenters. The second-order valence-corrected chi connectivity index (χ2v) is 7.01. The molecule has 1 aromatic carbocycles. The molecule has 6 heteroatoms. The molecule has 2 aromatic rings. The van der Waals surface area contributed by atoms with Crippen molar-refractivity contribution in [2.45, 2.75) is 38.6 Å². The lowest BCUT2D eigenvalue weighted by atomic mass is 10.1. The number of anilines is 1. The van der Waals surface area contributed by atoms with Crippen molar-refractivity contribution in [1.82, 2.24) is 10.1 Å². The van der Waals surface area contributed by atoms with Gasteiger partial charge in [0.1, 0.15) is 0 Å². The van der Waals surface area contributed by atoms with Crippen LogP contribution in [-0.4, -0.2) is 22.6 Å². The van der Waals surface area contributed by atoms with Crippen molar-refractivity contribution in [2.24, 2.45) is 0 Å². The van der Waals surface area contributed by atoms with Gasteiger partial charge in [0.15, 0.2) is 5.76 Å². The third-order valence-corrected chi connectivity index (χ3v) is 4.60. The minimum Gasteiger partial charge on any atom is -0.359 e. The van der Waals surface area contributed by atoms with Crippen molar-refractivity contribution in [3.8, 4) is 0 Å². The maximum absolute atomic E-state index is 12.6. The van der Waals surface area contributed by atoms with Crippen molar-refractivity contribution in [2.75, 3.05) is 11.9 Å². The van der Waals surface area contributed by atoms with E-state index in [2.05, 4.69) is 40.3 Å². The second-order valence-electron chi connectivity index (χ2n) is 6.10. The number of carbonyl (C=O) groups excluding carboxylic acids is 1. The van der Waals surface area contributed by atoms with Crippen LogP contribution in [0.4, 0.5) is 10.5 Å². The Kier molecular flexibility index (Phi) is 4.71. The third-order valence-electron chi connectivity index (χ3n) is 4.08. The van der Waals surface area contributed by atoms with Crippen LogP contribution in [0.3, 0.4) is 0 Å². The number of urea groups is 1. The first-order chi connectivity index (χ1) is 11.0. The molecule has 1 N–H and O–H groups in total. The number of likely N-dealkylation sites (tertiary alicyclic amines) is 1. The van der Waals surface area contributed by atoms with E-state index in [0.717, 1.165) is 41.0 Å². The van der Waals surface area contributed by atoms with E-state index in [1.807, 2.05) is 35.2 Å². The third kappa shape index (κ3) is 3.58. The van der Waals surface area contributed by atoms with E-state index >= 15 is 0 Å². The van der Waals surface area contributed by atoms with E-state index < -0.39 is 0 Å². The Morgan fingerprint density at radius 1 is 1.39 bits per heavy atom. The van der Waals surface area contributed by atoms with Gasteiger partial charge >= 0.3 is 6.03 Å². The van der Waals surface area contributed by atoms with Crippen molar-refractivity contribution >= 4 is 27.6 Å². The minimum absolute atomic E-state index is 0.0366. The number of amides is 2. The van der Waals surface area contributed by atoms with E-state index in [0.29, 0.717) is 5.92 Å². The summed E-state index contributed by atoms with van der Waals surface area (Å²) in [7, 11) is 0. The summed E-state index contributed by atoms with van der Waals surface area (Å²) in [5.74, 6) is 1.09. The topological polar surface area (TPSA) is 58.4 Å². The number of benzene rings is 1. The van der Waals surface area contributed by atoms with Crippen LogP contribution < -0.4 is 5.32 Å². The highest BCUT2D eigenvalue weighted by atomic mass is 79.9. The highest BCUT2D eigenvalue weighted by Gasteiger charge is 2.33. The summed E-state index contributed by atoms with van der Waals surface area (Å²) in [5.41, 5.74) is 1.71. The number of hydrogen-bond acceptors (Lipinski definition) is 3. The molecular weight excluding hydrogens is 358 g/mol. The predicted molar refractivity (Wildman–Crippen MR) is 92.4 cm³/mol. The monoisotopic (exact) mass is 377 g/mol. The molecule has 0 aliphatic carbocycles. The van der Waals surface area contributed by atoms with Gasteiger partial charge in [0.25, 0.3) is 0 Å². The maximum atomic E-state index is 12.6. The molecule has 0 saturated carbocycles. The summed E-state index contributed by atoms with van der Waals surface area (Å²) in [6, 6.07) is 9.39. The predicted octanol–water partition coefficient (Wildman–Crippen LogP) is 4.93. The molecule has 1 aromatic heterocycles. The molecule has 5 nitrogen and oxygen atoms in total. The lowest BCUT2D eigenvalue weighted by Gasteiger charge is -2.23. The zero-order valence-corrected chi connectivity index (χ0v) is 14.8. The summed E-state index contributed by atoms with van der Waals surface area (Å²) in [6.45, 7) is 4.88. The molecule has 0 unspecified atom stereocenters. The molecular formula is C17H20BrN3O2. The van der Waals surface area contributed by atoms with Crippen LogP contribution >= 0.6 is 15.9 Å². The SMILES string of the molecule is CC(C)c1cc([C@@H]2CCCN2C(=O)Nc2ccc(Br)cc2)on1. The molecule has 1 fully saturated rings. The molecule has 122 valence electrons. The highest BCUT2D eigenvalue weighted by molar-refractivity contribution is 9.10. The fourth-order valence-corrected chi connectivity index (χ4v) is 3.03. The van der Waals surface area contributed by atoms with Crippen molar-refractivity contribution in [1.29, 1.82) is 0 Å². The van der Waals surface area contributed by atoms with Crippen molar-refractivity contribution in [3.63, 3.8) is 0 Å². The average molecular weight is 378 g/mol. The number of nitrogens with one attached hydrogen (secondary N) is 1. The summed E-state index contributed by atoms with van der Waals surface area (Å²) in [5, 5.41) is 7.05. The largest absolute Gasteiger partial charge is 0.359 e. The van der Waals surface area contributed by atoms with Gasteiger partial charge in [-0.1, -0.05) is 34.9 Å². The number of rotatable bonds is 3. The Hall–Kier alpha value is -1.82. The fraction of sp³-hybridized carbons (Fsp3) is 0.412. The molecule has 3 rings (SSSR count). The summed E-state index contributed by atoms with van der Waals surface area (Å²) >= 11 is 3.39. The smallest absolute Gasteiger partial charge is 0.322 e. The Morgan fingerprint density at radius 2 is 2.13 bits per heavy atom. The van der Waals surface area contributed by atoms with Gasteiger partial charge in [-0.25, -0.2) is 4.79 Å². The van der Waals surface area contributed by atoms with Crippen LogP contribution in [0.15, 0.2) is 39.3 Å². The van der Waals surface area contributed by atoms with Crippen LogP contribution in [0.2, 0.25) is 0 Å². The quantitative estimate of drug-likeness (QED) is 0.824. The van der Waals surface area contributed by atoms with E-state index in [-0.39, 0.29) is 12.1 Å². The zero-order valence-electron chi connectivity index (χ0n) is 13.3. The van der Waals surface area contributed by atoms with Gasteiger partial charge in [0.2, 0.25) is 0 Å². The van der Waals surface area contributed by atoms with Crippen LogP contribution in [0.1, 0.15) is 50.1 Å². The molecule has 0 bridgehead atoms. The lowest BCUT2D eigenvalue weighted by Crippen LogP contribution is -2.34. The van der Waals surface area contributed by atoms with Gasteiger partial charge in [-0.15, -0.1) is 0 Å². The van der Waals surface area contributed by atoms with Gasteiger partial charge in [0.05, 0.1) is 11.7 Å². The van der Waals surface area contributed by atoms with Gasteiger partial charge in [-0.3, -0.25) is 0 Å². The normalized spacial score (nSPS) is 17.7. The molecule has 2 heterocycles. The van der Waals surface area contributed by atoms with Crippen molar-refractivity contribution in [3.05, 3.63) is 46.3 Å². The number of halogens is 1. The molecule has 1 aliphatic heterocycles. The summed E-state index contributed by atoms with van der Waals surface area (Å²) in [6.07, 6.45) is 1.87. The Bertz CT molecular complexity index is 681. The fourth-order valence-electron chi connectivity index (χ4n) is 2.77. The first-order valence-electron chi connectivity index (χ1n) is 7.84. The number of carbonyl (C=O) groups is 1. The van der Waals surface area contributed by atoms with Crippen LogP contribution in [0.5, 0.6) is 0 Å². The molecule has 1 saturated heterocycles. The van der Waals surface area contributed by atoms with Crippen LogP contribution in [0, 0.1) is 0 Å². The number of hydrogen-bond donors (Lipinski definition) is 1. The molecule has 2 amide bonds. The van der Waals surface area contributed by atoms with Gasteiger partial charge in [-0.2, -0.15) is 0 Å². The Labute approximate surface area is 144 Å². The number of aromatic nitrogens is 1. The zero-order chi connectivity index (χ0) is 16.4. The van der Waals surface area contributed by atoms with Gasteiger partial charge in [-0.05, 0) is 43.0 Å². The second kappa shape index (κ2) is 6.74. The van der Waals surface area contributed by atoms with E-state index in [4.69, 9.17) is 4.52 Å². The van der Waals surface area contributed by atoms with E-state index in [9.17, 15) is 4.79 Å². The molecule has 0 radical (unpaired) electrons. The van der Waals surface area contributed by atoms with Gasteiger partial charge < -0.3 is 14.7 Å². The average Bonchev–Trinajstić information content (AvgIpc) is 3.17. The summed E-state index contributed by atoms with van der Waals surface area (Å²) < 4.78 is 6.46. The minimum atomic E-state index is -0.0997. The lowest BCUT2D eigenvalue weighted by molar-refractivity contribution is 0.195. The van der Waals surface area contributed by atoms with E-state index in [1.54, 1.807) is 0 Å². The number of nitrogens with zero attached hydrogens (tertiary/aromatic N) is 2. The maximum Gasteiger partial charge on any atom is 0.322 e. The first kappa shape index (κ1) is 16.1. The Morgan fingerprint density at radius 3 is 2.78 bits per heavy atom. The first-order valence-corrected chi connectivity index (χ1v) is 8.63. The van der Waals surface area contributed by atoms with Crippen molar-refractivity contribution < 1.29 is 9.32 Å². The molecule has 23 heavy (non-hydrogen) atoms. The summed E-state index contributed by atoms with van der Waals surface area (Å²) in [4.78, 5) is 14.4. The highest BCUT2D eigenvalue weighted by Crippen LogP contribution is 2.33. The standard InChI is InChI=1S/C17H20BrN3O2/c1-11(2)14-10-16(23-20-14)15-4-3-9-21(15)17(22)19-13-7-5-12(18)6-8-13/h5-8,10-11,15H,3-4,9H2,1-2H3,(H,19,22)/t15-/m0/s1. The van der Waals surface area contributed by atoms with Crippen LogP contribution in [0.25, 0.3) is 0 Å². The Balaban J connectivity index is 1.72. The molecule has 0 spiro atoms. The molecule has 1 aliphatic rings. The van der Waals surface area contributed by atoms with Gasteiger partial charge in [0, 0.05) is 22.8 Å². The van der Waals surface area contributed by atoms with Crippen LogP contribution in [-0.2, 0) is 0 Å².